The Morgan fingerprint density at radius 1 is 1.19 bits per heavy atom. The number of hydrogen-bond donors (Lipinski definition) is 0. The third-order valence-electron chi connectivity index (χ3n) is 3.20. The first-order chi connectivity index (χ1) is 10.1. The minimum Gasteiger partial charge on any atom is -0.497 e. The molecule has 2 aromatic carbocycles. The number of halogens is 1. The van der Waals surface area contributed by atoms with E-state index in [9.17, 15) is 4.79 Å². The third-order valence-corrected chi connectivity index (χ3v) is 3.43. The van der Waals surface area contributed by atoms with E-state index in [0.29, 0.717) is 6.54 Å². The fourth-order valence-corrected chi connectivity index (χ4v) is 2.29. The van der Waals surface area contributed by atoms with E-state index in [1.54, 1.807) is 12.0 Å². The summed E-state index contributed by atoms with van der Waals surface area (Å²) in [6.07, 6.45) is 0. The largest absolute Gasteiger partial charge is 0.497 e. The molecule has 1 amide bonds. The van der Waals surface area contributed by atoms with Gasteiger partial charge in [0.15, 0.2) is 0 Å². The van der Waals surface area contributed by atoms with Gasteiger partial charge in [0, 0.05) is 5.69 Å². The number of hydrogen-bond acceptors (Lipinski definition) is 2. The zero-order chi connectivity index (χ0) is 15.2. The molecule has 0 fully saturated rings. The molecule has 0 heterocycles. The first-order valence-corrected chi connectivity index (χ1v) is 7.23. The number of benzene rings is 2. The molecule has 21 heavy (non-hydrogen) atoms. The van der Waals surface area contributed by atoms with Gasteiger partial charge in [-0.2, -0.15) is 0 Å². The normalized spacial score (nSPS) is 10.2. The Kier molecular flexibility index (Phi) is 5.23. The number of ether oxygens (including phenoxy) is 1. The van der Waals surface area contributed by atoms with Crippen molar-refractivity contribution in [3.05, 3.63) is 59.7 Å². The zero-order valence-corrected chi connectivity index (χ0v) is 12.9. The predicted octanol–water partition coefficient (Wildman–Crippen LogP) is 3.78. The highest BCUT2D eigenvalue weighted by Gasteiger charge is 2.15. The van der Waals surface area contributed by atoms with Crippen molar-refractivity contribution in [1.82, 2.24) is 0 Å². The molecule has 4 heteroatoms. The molecule has 2 aromatic rings. The molecule has 0 saturated heterocycles. The zero-order valence-electron chi connectivity index (χ0n) is 12.2. The van der Waals surface area contributed by atoms with E-state index in [2.05, 4.69) is 0 Å². The first kappa shape index (κ1) is 15.4. The van der Waals surface area contributed by atoms with Crippen LogP contribution in [0.4, 0.5) is 5.69 Å². The highest BCUT2D eigenvalue weighted by Crippen LogP contribution is 2.21. The molecule has 0 aromatic heterocycles. The van der Waals surface area contributed by atoms with E-state index >= 15 is 0 Å². The highest BCUT2D eigenvalue weighted by atomic mass is 35.5. The van der Waals surface area contributed by atoms with Crippen LogP contribution < -0.4 is 9.64 Å². The molecule has 0 aliphatic heterocycles. The Bertz CT molecular complexity index is 628. The standard InChI is InChI=1S/C17H18ClNO2/c1-13-5-3-7-15(9-13)19(17(20)11-18)12-14-6-4-8-16(10-14)21-2/h3-10H,11-12H2,1-2H3. The molecule has 2 rings (SSSR count). The van der Waals surface area contributed by atoms with Crippen molar-refractivity contribution in [2.75, 3.05) is 17.9 Å². The van der Waals surface area contributed by atoms with Crippen molar-refractivity contribution in [2.24, 2.45) is 0 Å². The molecular weight excluding hydrogens is 286 g/mol. The third kappa shape index (κ3) is 3.99. The van der Waals surface area contributed by atoms with E-state index in [4.69, 9.17) is 16.3 Å². The lowest BCUT2D eigenvalue weighted by molar-refractivity contribution is -0.116. The summed E-state index contributed by atoms with van der Waals surface area (Å²) < 4.78 is 5.22. The molecule has 3 nitrogen and oxygen atoms in total. The lowest BCUT2D eigenvalue weighted by atomic mass is 10.1. The van der Waals surface area contributed by atoms with Crippen molar-refractivity contribution in [2.45, 2.75) is 13.5 Å². The average molecular weight is 304 g/mol. The van der Waals surface area contributed by atoms with Crippen LogP contribution in [0.3, 0.4) is 0 Å². The van der Waals surface area contributed by atoms with Crippen molar-refractivity contribution in [3.63, 3.8) is 0 Å². The van der Waals surface area contributed by atoms with Crippen LogP contribution in [-0.4, -0.2) is 18.9 Å². The van der Waals surface area contributed by atoms with Crippen LogP contribution >= 0.6 is 11.6 Å². The summed E-state index contributed by atoms with van der Waals surface area (Å²) in [5.41, 5.74) is 2.95. The number of carbonyl (C=O) groups excluding carboxylic acids is 1. The Morgan fingerprint density at radius 2 is 1.95 bits per heavy atom. The molecule has 0 aliphatic carbocycles. The topological polar surface area (TPSA) is 29.5 Å². The van der Waals surface area contributed by atoms with E-state index in [-0.39, 0.29) is 11.8 Å². The summed E-state index contributed by atoms with van der Waals surface area (Å²) in [5.74, 6) is 0.609. The maximum Gasteiger partial charge on any atom is 0.242 e. The molecule has 0 aliphatic rings. The number of aryl methyl sites for hydroxylation is 1. The van der Waals surface area contributed by atoms with Gasteiger partial charge in [0.1, 0.15) is 11.6 Å². The van der Waals surface area contributed by atoms with Crippen LogP contribution in [0.2, 0.25) is 0 Å². The Hall–Kier alpha value is -2.00. The van der Waals surface area contributed by atoms with Crippen LogP contribution in [0.25, 0.3) is 0 Å². The summed E-state index contributed by atoms with van der Waals surface area (Å²) in [7, 11) is 1.63. The van der Waals surface area contributed by atoms with Crippen molar-refractivity contribution >= 4 is 23.2 Å². The Balaban J connectivity index is 2.30. The summed E-state index contributed by atoms with van der Waals surface area (Å²) >= 11 is 5.75. The molecule has 110 valence electrons. The van der Waals surface area contributed by atoms with Crippen LogP contribution in [0.1, 0.15) is 11.1 Å². The molecule has 0 spiro atoms. The summed E-state index contributed by atoms with van der Waals surface area (Å²) in [6.45, 7) is 2.46. The number of rotatable bonds is 5. The van der Waals surface area contributed by atoms with E-state index in [0.717, 1.165) is 22.6 Å². The van der Waals surface area contributed by atoms with Gasteiger partial charge >= 0.3 is 0 Å². The van der Waals surface area contributed by atoms with Gasteiger partial charge in [-0.3, -0.25) is 4.79 Å². The minimum absolute atomic E-state index is 0.0437. The number of nitrogens with zero attached hydrogens (tertiary/aromatic N) is 1. The molecule has 0 unspecified atom stereocenters. The smallest absolute Gasteiger partial charge is 0.242 e. The molecule has 0 bridgehead atoms. The lowest BCUT2D eigenvalue weighted by Crippen LogP contribution is -2.31. The van der Waals surface area contributed by atoms with Gasteiger partial charge in [-0.05, 0) is 42.3 Å². The number of anilines is 1. The summed E-state index contributed by atoms with van der Waals surface area (Å²) in [5, 5.41) is 0. The Labute approximate surface area is 130 Å². The highest BCUT2D eigenvalue weighted by molar-refractivity contribution is 6.29. The number of amides is 1. The lowest BCUT2D eigenvalue weighted by Gasteiger charge is -2.22. The predicted molar refractivity (Wildman–Crippen MR) is 86.1 cm³/mol. The second-order valence-electron chi connectivity index (χ2n) is 4.80. The Morgan fingerprint density at radius 3 is 2.62 bits per heavy atom. The second kappa shape index (κ2) is 7.14. The van der Waals surface area contributed by atoms with Crippen molar-refractivity contribution in [1.29, 1.82) is 0 Å². The van der Waals surface area contributed by atoms with Gasteiger partial charge in [0.05, 0.1) is 13.7 Å². The summed E-state index contributed by atoms with van der Waals surface area (Å²) in [4.78, 5) is 13.8. The van der Waals surface area contributed by atoms with Crippen molar-refractivity contribution < 1.29 is 9.53 Å². The van der Waals surface area contributed by atoms with Gasteiger partial charge in [-0.25, -0.2) is 0 Å². The minimum atomic E-state index is -0.120. The van der Waals surface area contributed by atoms with Crippen LogP contribution in [0.15, 0.2) is 48.5 Å². The first-order valence-electron chi connectivity index (χ1n) is 6.70. The maximum atomic E-state index is 12.1. The fourth-order valence-electron chi connectivity index (χ4n) is 2.14. The van der Waals surface area contributed by atoms with E-state index in [1.807, 2.05) is 55.5 Å². The van der Waals surface area contributed by atoms with Crippen LogP contribution in [0.5, 0.6) is 5.75 Å². The molecule has 0 N–H and O–H groups in total. The average Bonchev–Trinajstić information content (AvgIpc) is 2.52. The monoisotopic (exact) mass is 303 g/mol. The molecule has 0 atom stereocenters. The summed E-state index contributed by atoms with van der Waals surface area (Å²) in [6, 6.07) is 15.5. The quantitative estimate of drug-likeness (QED) is 0.787. The van der Waals surface area contributed by atoms with E-state index < -0.39 is 0 Å². The fraction of sp³-hybridized carbons (Fsp3) is 0.235. The number of alkyl halides is 1. The molecular formula is C17H18ClNO2. The van der Waals surface area contributed by atoms with Gasteiger partial charge in [0.2, 0.25) is 5.91 Å². The van der Waals surface area contributed by atoms with Gasteiger partial charge < -0.3 is 9.64 Å². The SMILES string of the molecule is COc1cccc(CN(C(=O)CCl)c2cccc(C)c2)c1. The van der Waals surface area contributed by atoms with Crippen LogP contribution in [-0.2, 0) is 11.3 Å². The second-order valence-corrected chi connectivity index (χ2v) is 5.07. The van der Waals surface area contributed by atoms with Crippen LogP contribution in [0, 0.1) is 6.92 Å². The molecule has 0 radical (unpaired) electrons. The van der Waals surface area contributed by atoms with Gasteiger partial charge in [0.25, 0.3) is 0 Å². The number of carbonyl (C=O) groups is 1. The number of methoxy groups -OCH3 is 1. The van der Waals surface area contributed by atoms with Crippen molar-refractivity contribution in [3.8, 4) is 5.75 Å². The van der Waals surface area contributed by atoms with Gasteiger partial charge in [-0.15, -0.1) is 11.6 Å². The van der Waals surface area contributed by atoms with E-state index in [1.165, 1.54) is 0 Å². The van der Waals surface area contributed by atoms with Gasteiger partial charge in [-0.1, -0.05) is 24.3 Å². The molecule has 0 saturated carbocycles. The maximum absolute atomic E-state index is 12.1.